The van der Waals surface area contributed by atoms with Crippen molar-refractivity contribution in [1.29, 1.82) is 5.26 Å². The van der Waals surface area contributed by atoms with Crippen LogP contribution in [0.3, 0.4) is 0 Å². The van der Waals surface area contributed by atoms with Crippen molar-refractivity contribution in [2.75, 3.05) is 28.7 Å². The minimum Gasteiger partial charge on any atom is -0.478 e. The fraction of sp³-hybridized carbons (Fsp3) is 0.353. The van der Waals surface area contributed by atoms with Crippen LogP contribution in [0.4, 0.5) is 23.0 Å². The number of aliphatic hydroxyl groups excluding tert-OH is 1. The molecule has 128 valence electrons. The maximum Gasteiger partial charge on any atom is 0.211 e. The standard InChI is InChI=1S/C17H18N6O2/c1-9-7-11(8-10(2)14(9)25-6-4-18)23-13-12-3-5-19-15(12)21-22-16(13)20-17(23)24/h7-8,17,24H,3,5-6H2,1-2H3,(H,19,21)(H,20,22). The van der Waals surface area contributed by atoms with Gasteiger partial charge in [0.2, 0.25) is 6.35 Å². The molecule has 0 radical (unpaired) electrons. The van der Waals surface area contributed by atoms with Crippen LogP contribution in [0.25, 0.3) is 0 Å². The SMILES string of the molecule is Cc1cc(N2c3c(nnc4c3CCN4)NC2O)cc(C)c1OCC#N. The molecule has 2 aromatic rings. The van der Waals surface area contributed by atoms with Gasteiger partial charge in [-0.15, -0.1) is 10.2 Å². The Hall–Kier alpha value is -3.05. The molecule has 8 nitrogen and oxygen atoms in total. The third-order valence-electron chi connectivity index (χ3n) is 4.47. The van der Waals surface area contributed by atoms with Crippen molar-refractivity contribution in [1.82, 2.24) is 10.2 Å². The second-order valence-corrected chi connectivity index (χ2v) is 6.14. The topological polar surface area (TPSA) is 106 Å². The molecule has 0 saturated heterocycles. The summed E-state index contributed by atoms with van der Waals surface area (Å²) >= 11 is 0. The number of anilines is 4. The first-order valence-electron chi connectivity index (χ1n) is 8.08. The number of hydrogen-bond donors (Lipinski definition) is 3. The summed E-state index contributed by atoms with van der Waals surface area (Å²) in [4.78, 5) is 1.82. The number of rotatable bonds is 3. The molecule has 1 atom stereocenters. The molecular formula is C17H18N6O2. The molecule has 0 bridgehead atoms. The number of fused-ring (bicyclic) bond motifs is 3. The van der Waals surface area contributed by atoms with Gasteiger partial charge in [0.15, 0.2) is 18.2 Å². The van der Waals surface area contributed by atoms with E-state index in [4.69, 9.17) is 10.00 Å². The summed E-state index contributed by atoms with van der Waals surface area (Å²) in [6, 6.07) is 5.86. The molecule has 3 N–H and O–H groups in total. The Morgan fingerprint density at radius 3 is 2.76 bits per heavy atom. The van der Waals surface area contributed by atoms with Crippen LogP contribution in [-0.4, -0.2) is 34.8 Å². The van der Waals surface area contributed by atoms with Gasteiger partial charge >= 0.3 is 0 Å². The van der Waals surface area contributed by atoms with Crippen LogP contribution in [0.5, 0.6) is 5.75 Å². The molecule has 1 aromatic heterocycles. The second kappa shape index (κ2) is 5.79. The van der Waals surface area contributed by atoms with E-state index in [0.29, 0.717) is 11.6 Å². The van der Waals surface area contributed by atoms with Crippen LogP contribution in [0.2, 0.25) is 0 Å². The van der Waals surface area contributed by atoms with Crippen LogP contribution in [0, 0.1) is 25.2 Å². The van der Waals surface area contributed by atoms with Crippen molar-refractivity contribution in [3.8, 4) is 11.8 Å². The molecule has 2 aliphatic rings. The number of nitriles is 1. The monoisotopic (exact) mass is 338 g/mol. The molecule has 0 fully saturated rings. The maximum atomic E-state index is 10.5. The summed E-state index contributed by atoms with van der Waals surface area (Å²) in [5.74, 6) is 2.05. The molecule has 2 aliphatic heterocycles. The van der Waals surface area contributed by atoms with Crippen LogP contribution < -0.4 is 20.3 Å². The van der Waals surface area contributed by atoms with Crippen molar-refractivity contribution in [3.63, 3.8) is 0 Å². The largest absolute Gasteiger partial charge is 0.478 e. The van der Waals surface area contributed by atoms with E-state index in [0.717, 1.165) is 46.8 Å². The van der Waals surface area contributed by atoms with Gasteiger partial charge in [0, 0.05) is 17.8 Å². The average molecular weight is 338 g/mol. The van der Waals surface area contributed by atoms with Gasteiger partial charge in [-0.05, 0) is 43.5 Å². The zero-order valence-electron chi connectivity index (χ0n) is 14.0. The van der Waals surface area contributed by atoms with Crippen LogP contribution >= 0.6 is 0 Å². The zero-order valence-corrected chi connectivity index (χ0v) is 14.0. The molecule has 25 heavy (non-hydrogen) atoms. The Morgan fingerprint density at radius 1 is 1.32 bits per heavy atom. The molecule has 8 heteroatoms. The highest BCUT2D eigenvalue weighted by Gasteiger charge is 2.35. The average Bonchev–Trinajstić information content (AvgIpc) is 3.16. The Morgan fingerprint density at radius 2 is 2.04 bits per heavy atom. The van der Waals surface area contributed by atoms with Gasteiger partial charge in [0.1, 0.15) is 11.8 Å². The quantitative estimate of drug-likeness (QED) is 0.778. The highest BCUT2D eigenvalue weighted by atomic mass is 16.5. The molecule has 0 spiro atoms. The minimum atomic E-state index is -0.916. The molecule has 0 aliphatic carbocycles. The number of hydrogen-bond acceptors (Lipinski definition) is 8. The number of aromatic nitrogens is 2. The number of nitrogens with one attached hydrogen (secondary N) is 2. The summed E-state index contributed by atoms with van der Waals surface area (Å²) in [5, 5.41) is 33.8. The van der Waals surface area contributed by atoms with Gasteiger partial charge in [-0.2, -0.15) is 5.26 Å². The fourth-order valence-corrected chi connectivity index (χ4v) is 3.48. The predicted octanol–water partition coefficient (Wildman–Crippen LogP) is 1.80. The van der Waals surface area contributed by atoms with E-state index >= 15 is 0 Å². The Bertz CT molecular complexity index is 868. The number of aliphatic hydroxyl groups is 1. The predicted molar refractivity (Wildman–Crippen MR) is 93.0 cm³/mol. The summed E-state index contributed by atoms with van der Waals surface area (Å²) in [6.07, 6.45) is -0.0829. The summed E-state index contributed by atoms with van der Waals surface area (Å²) in [5.41, 5.74) is 4.55. The van der Waals surface area contributed by atoms with E-state index in [2.05, 4.69) is 20.8 Å². The van der Waals surface area contributed by atoms with Gasteiger partial charge in [-0.25, -0.2) is 0 Å². The third-order valence-corrected chi connectivity index (χ3v) is 4.47. The van der Waals surface area contributed by atoms with Crippen molar-refractivity contribution in [2.24, 2.45) is 0 Å². The van der Waals surface area contributed by atoms with E-state index in [1.54, 1.807) is 0 Å². The number of benzene rings is 1. The second-order valence-electron chi connectivity index (χ2n) is 6.14. The first-order valence-corrected chi connectivity index (χ1v) is 8.08. The lowest BCUT2D eigenvalue weighted by molar-refractivity contribution is 0.216. The lowest BCUT2D eigenvalue weighted by Crippen LogP contribution is -2.31. The van der Waals surface area contributed by atoms with Crippen LogP contribution in [0.1, 0.15) is 16.7 Å². The van der Waals surface area contributed by atoms with Crippen molar-refractivity contribution < 1.29 is 9.84 Å². The molecule has 4 rings (SSSR count). The van der Waals surface area contributed by atoms with Gasteiger partial charge in [-0.3, -0.25) is 4.90 Å². The highest BCUT2D eigenvalue weighted by molar-refractivity contribution is 5.85. The first kappa shape index (κ1) is 15.5. The lowest BCUT2D eigenvalue weighted by Gasteiger charge is -2.25. The third kappa shape index (κ3) is 2.40. The van der Waals surface area contributed by atoms with Crippen molar-refractivity contribution in [3.05, 3.63) is 28.8 Å². The first-order chi connectivity index (χ1) is 12.1. The molecule has 1 unspecified atom stereocenters. The highest BCUT2D eigenvalue weighted by Crippen LogP contribution is 2.45. The van der Waals surface area contributed by atoms with E-state index in [9.17, 15) is 5.11 Å². The van der Waals surface area contributed by atoms with E-state index in [-0.39, 0.29) is 6.61 Å². The fourth-order valence-electron chi connectivity index (χ4n) is 3.48. The van der Waals surface area contributed by atoms with Crippen molar-refractivity contribution >= 4 is 23.0 Å². The Kier molecular flexibility index (Phi) is 3.58. The van der Waals surface area contributed by atoms with Crippen LogP contribution in [0.15, 0.2) is 12.1 Å². The zero-order chi connectivity index (χ0) is 17.6. The molecule has 0 amide bonds. The molecular weight excluding hydrogens is 320 g/mol. The summed E-state index contributed by atoms with van der Waals surface area (Å²) in [6.45, 7) is 4.67. The number of ether oxygens (including phenoxy) is 1. The summed E-state index contributed by atoms with van der Waals surface area (Å²) < 4.78 is 5.51. The van der Waals surface area contributed by atoms with E-state index < -0.39 is 6.35 Å². The normalized spacial score (nSPS) is 17.4. The van der Waals surface area contributed by atoms with E-state index in [1.165, 1.54) is 0 Å². The Labute approximate surface area is 145 Å². The summed E-state index contributed by atoms with van der Waals surface area (Å²) in [7, 11) is 0. The van der Waals surface area contributed by atoms with Gasteiger partial charge in [-0.1, -0.05) is 0 Å². The Balaban J connectivity index is 1.79. The van der Waals surface area contributed by atoms with E-state index in [1.807, 2.05) is 36.9 Å². The van der Waals surface area contributed by atoms with Gasteiger partial charge < -0.3 is 20.5 Å². The molecule has 3 heterocycles. The lowest BCUT2D eigenvalue weighted by atomic mass is 10.1. The van der Waals surface area contributed by atoms with Crippen molar-refractivity contribution in [2.45, 2.75) is 26.6 Å². The smallest absolute Gasteiger partial charge is 0.211 e. The number of nitrogens with zero attached hydrogens (tertiary/aromatic N) is 4. The minimum absolute atomic E-state index is 0.00647. The molecule has 0 saturated carbocycles. The number of aryl methyl sites for hydroxylation is 2. The molecule has 1 aromatic carbocycles. The van der Waals surface area contributed by atoms with Crippen LogP contribution in [-0.2, 0) is 6.42 Å². The maximum absolute atomic E-state index is 10.5. The van der Waals surface area contributed by atoms with Gasteiger partial charge in [0.05, 0.1) is 5.69 Å². The van der Waals surface area contributed by atoms with Gasteiger partial charge in [0.25, 0.3) is 0 Å².